The Morgan fingerprint density at radius 1 is 1.23 bits per heavy atom. The molecule has 31 heavy (non-hydrogen) atoms. The molecule has 4 rings (SSSR count). The van der Waals surface area contributed by atoms with Gasteiger partial charge in [0.25, 0.3) is 11.8 Å². The summed E-state index contributed by atoms with van der Waals surface area (Å²) in [6, 6.07) is 4.45. The van der Waals surface area contributed by atoms with Gasteiger partial charge in [-0.15, -0.1) is 5.11 Å². The SMILES string of the molecule is CC(C)P1(=O)CCN(C(=O)c2cc(CC3=C4C=CC=CC4C(=O)N=N3)ccc2F)CC1. The van der Waals surface area contributed by atoms with Crippen molar-refractivity contribution in [3.8, 4) is 0 Å². The summed E-state index contributed by atoms with van der Waals surface area (Å²) in [4.78, 5) is 26.6. The van der Waals surface area contributed by atoms with Crippen LogP contribution in [0.4, 0.5) is 4.39 Å². The van der Waals surface area contributed by atoms with Crippen molar-refractivity contribution < 1.29 is 18.5 Å². The molecule has 1 unspecified atom stereocenters. The minimum Gasteiger partial charge on any atom is -0.338 e. The molecule has 0 spiro atoms. The number of allylic oxidation sites excluding steroid dienone is 4. The fraction of sp³-hybridized carbons (Fsp3) is 0.391. The van der Waals surface area contributed by atoms with Gasteiger partial charge in [0.05, 0.1) is 24.3 Å². The maximum Gasteiger partial charge on any atom is 0.275 e. The molecule has 0 saturated carbocycles. The lowest BCUT2D eigenvalue weighted by Crippen LogP contribution is -2.41. The fourth-order valence-electron chi connectivity index (χ4n) is 4.13. The molecule has 0 N–H and O–H groups in total. The first-order valence-corrected chi connectivity index (χ1v) is 12.6. The van der Waals surface area contributed by atoms with Gasteiger partial charge in [-0.2, -0.15) is 5.11 Å². The van der Waals surface area contributed by atoms with Crippen LogP contribution in [-0.2, 0) is 15.8 Å². The molecule has 2 aliphatic heterocycles. The summed E-state index contributed by atoms with van der Waals surface area (Å²) in [6.45, 7) is 4.66. The molecule has 1 atom stereocenters. The summed E-state index contributed by atoms with van der Waals surface area (Å²) in [5.74, 6) is -1.71. The van der Waals surface area contributed by atoms with Crippen LogP contribution in [0.5, 0.6) is 0 Å². The number of hydrogen-bond donors (Lipinski definition) is 0. The van der Waals surface area contributed by atoms with E-state index in [1.165, 1.54) is 6.07 Å². The number of amides is 2. The van der Waals surface area contributed by atoms with Gasteiger partial charge in [0, 0.05) is 37.5 Å². The summed E-state index contributed by atoms with van der Waals surface area (Å²) in [5.41, 5.74) is 2.23. The van der Waals surface area contributed by atoms with Crippen molar-refractivity contribution in [2.75, 3.05) is 25.4 Å². The van der Waals surface area contributed by atoms with Crippen LogP contribution in [0.3, 0.4) is 0 Å². The molecule has 8 heteroatoms. The number of carbonyl (C=O) groups excluding carboxylic acids is 2. The Balaban J connectivity index is 1.54. The average Bonchev–Trinajstić information content (AvgIpc) is 2.77. The van der Waals surface area contributed by atoms with Crippen molar-refractivity contribution in [3.05, 3.63) is 70.7 Å². The lowest BCUT2D eigenvalue weighted by Gasteiger charge is -2.34. The molecule has 162 valence electrons. The smallest absolute Gasteiger partial charge is 0.275 e. The lowest BCUT2D eigenvalue weighted by molar-refractivity contribution is -0.120. The minimum absolute atomic E-state index is 0.00355. The van der Waals surface area contributed by atoms with Crippen LogP contribution in [-0.4, -0.2) is 47.8 Å². The van der Waals surface area contributed by atoms with Gasteiger partial charge in [-0.25, -0.2) is 4.39 Å². The van der Waals surface area contributed by atoms with E-state index in [0.29, 0.717) is 43.1 Å². The first kappa shape index (κ1) is 21.6. The number of hydrogen-bond acceptors (Lipinski definition) is 4. The predicted octanol–water partition coefficient (Wildman–Crippen LogP) is 4.58. The van der Waals surface area contributed by atoms with Gasteiger partial charge < -0.3 is 9.46 Å². The molecule has 2 heterocycles. The average molecular weight is 441 g/mol. The van der Waals surface area contributed by atoms with Gasteiger partial charge in [-0.3, -0.25) is 9.59 Å². The van der Waals surface area contributed by atoms with Crippen molar-refractivity contribution in [3.63, 3.8) is 0 Å². The highest BCUT2D eigenvalue weighted by molar-refractivity contribution is 7.64. The van der Waals surface area contributed by atoms with Gasteiger partial charge >= 0.3 is 0 Å². The zero-order chi connectivity index (χ0) is 22.2. The van der Waals surface area contributed by atoms with Crippen LogP contribution in [0.15, 0.2) is 64.0 Å². The predicted molar refractivity (Wildman–Crippen MR) is 117 cm³/mol. The van der Waals surface area contributed by atoms with Crippen LogP contribution in [0, 0.1) is 11.7 Å². The number of rotatable bonds is 4. The van der Waals surface area contributed by atoms with E-state index in [-0.39, 0.29) is 23.0 Å². The molecule has 2 amide bonds. The van der Waals surface area contributed by atoms with Gasteiger partial charge in [0.1, 0.15) is 5.82 Å². The molecule has 1 aliphatic carbocycles. The third-order valence-electron chi connectivity index (χ3n) is 6.25. The van der Waals surface area contributed by atoms with Gasteiger partial charge in [-0.1, -0.05) is 44.2 Å². The first-order valence-electron chi connectivity index (χ1n) is 10.5. The number of azo groups is 1. The third kappa shape index (κ3) is 4.24. The van der Waals surface area contributed by atoms with Gasteiger partial charge in [0.15, 0.2) is 0 Å². The van der Waals surface area contributed by atoms with Gasteiger partial charge in [-0.05, 0) is 23.3 Å². The quantitative estimate of drug-likeness (QED) is 0.642. The van der Waals surface area contributed by atoms with Crippen molar-refractivity contribution in [2.24, 2.45) is 16.1 Å². The highest BCUT2D eigenvalue weighted by Crippen LogP contribution is 2.51. The molecular formula is C23H25FN3O3P. The minimum atomic E-state index is -2.27. The summed E-state index contributed by atoms with van der Waals surface area (Å²) >= 11 is 0. The Labute approximate surface area is 181 Å². The lowest BCUT2D eigenvalue weighted by atomic mass is 9.89. The second-order valence-electron chi connectivity index (χ2n) is 8.44. The number of nitrogens with zero attached hydrogens (tertiary/aromatic N) is 3. The summed E-state index contributed by atoms with van der Waals surface area (Å²) in [5, 5.41) is 7.79. The van der Waals surface area contributed by atoms with Crippen molar-refractivity contribution in [1.29, 1.82) is 0 Å². The summed E-state index contributed by atoms with van der Waals surface area (Å²) < 4.78 is 27.4. The highest BCUT2D eigenvalue weighted by atomic mass is 31.2. The van der Waals surface area contributed by atoms with Crippen LogP contribution in [0.2, 0.25) is 0 Å². The molecule has 1 aromatic rings. The molecule has 0 aromatic heterocycles. The van der Waals surface area contributed by atoms with Crippen LogP contribution in [0.1, 0.15) is 29.8 Å². The second-order valence-corrected chi connectivity index (χ2v) is 12.3. The van der Waals surface area contributed by atoms with E-state index in [4.69, 9.17) is 0 Å². The van der Waals surface area contributed by atoms with Gasteiger partial charge in [0.2, 0.25) is 0 Å². The summed E-state index contributed by atoms with van der Waals surface area (Å²) in [6.07, 6.45) is 8.55. The normalized spacial score (nSPS) is 22.3. The van der Waals surface area contributed by atoms with E-state index in [2.05, 4.69) is 10.2 Å². The molecule has 1 aromatic carbocycles. The first-order chi connectivity index (χ1) is 14.8. The molecular weight excluding hydrogens is 416 g/mol. The Morgan fingerprint density at radius 3 is 2.68 bits per heavy atom. The largest absolute Gasteiger partial charge is 0.338 e. The van der Waals surface area contributed by atoms with Crippen LogP contribution >= 0.6 is 7.14 Å². The van der Waals surface area contributed by atoms with E-state index in [9.17, 15) is 18.5 Å². The number of halogens is 1. The zero-order valence-electron chi connectivity index (χ0n) is 17.6. The maximum atomic E-state index is 14.5. The number of fused-ring (bicyclic) bond motifs is 1. The molecule has 6 nitrogen and oxygen atoms in total. The molecule has 0 bridgehead atoms. The zero-order valence-corrected chi connectivity index (χ0v) is 18.5. The Bertz CT molecular complexity index is 1090. The van der Waals surface area contributed by atoms with E-state index in [0.717, 1.165) is 5.57 Å². The Kier molecular flexibility index (Phi) is 5.89. The van der Waals surface area contributed by atoms with Crippen LogP contribution < -0.4 is 0 Å². The monoisotopic (exact) mass is 441 g/mol. The van der Waals surface area contributed by atoms with E-state index < -0.39 is 18.9 Å². The molecule has 1 fully saturated rings. The van der Waals surface area contributed by atoms with E-state index in [1.807, 2.05) is 26.0 Å². The van der Waals surface area contributed by atoms with E-state index in [1.54, 1.807) is 29.2 Å². The fourth-order valence-corrected chi connectivity index (χ4v) is 6.55. The van der Waals surface area contributed by atoms with Crippen molar-refractivity contribution in [1.82, 2.24) is 4.90 Å². The van der Waals surface area contributed by atoms with Crippen molar-refractivity contribution in [2.45, 2.75) is 25.9 Å². The van der Waals surface area contributed by atoms with E-state index >= 15 is 0 Å². The third-order valence-corrected chi connectivity index (χ3v) is 10.0. The van der Waals surface area contributed by atoms with Crippen LogP contribution in [0.25, 0.3) is 0 Å². The number of benzene rings is 1. The Hall–Kier alpha value is -2.66. The topological polar surface area (TPSA) is 79.2 Å². The molecule has 3 aliphatic rings. The second kappa shape index (κ2) is 8.46. The molecule has 0 radical (unpaired) electrons. The standard InChI is InChI=1S/C23H25FN3O3P/c1-15(2)31(30)11-9-27(10-12-31)23(29)19-13-16(7-8-20(19)24)14-21-17-5-3-4-6-18(17)22(28)26-25-21/h3-8,13,15,18H,9-12,14H2,1-2H3. The Morgan fingerprint density at radius 2 is 1.97 bits per heavy atom. The number of carbonyl (C=O) groups is 2. The highest BCUT2D eigenvalue weighted by Gasteiger charge is 2.34. The summed E-state index contributed by atoms with van der Waals surface area (Å²) in [7, 11) is -2.27. The van der Waals surface area contributed by atoms with Crippen molar-refractivity contribution >= 4 is 19.0 Å². The molecule has 1 saturated heterocycles. The maximum absolute atomic E-state index is 14.5.